The molecule has 2 N–H and O–H groups in total. The van der Waals surface area contributed by atoms with Crippen molar-refractivity contribution in [1.29, 1.82) is 0 Å². The summed E-state index contributed by atoms with van der Waals surface area (Å²) in [7, 11) is 0. The molecule has 1 fully saturated rings. The smallest absolute Gasteiger partial charge is 0.291 e. The molecule has 0 atom stereocenters. The van der Waals surface area contributed by atoms with E-state index in [0.29, 0.717) is 11.4 Å². The van der Waals surface area contributed by atoms with E-state index in [1.807, 2.05) is 0 Å². The van der Waals surface area contributed by atoms with Gasteiger partial charge >= 0.3 is 0 Å². The highest BCUT2D eigenvalue weighted by atomic mass is 16.3. The molecule has 0 radical (unpaired) electrons. The number of carbonyl (C=O) groups is 2. The Labute approximate surface area is 170 Å². The SMILES string of the molecule is Cc1ccc(C2(C(=O)Nc3ccc(NC(=O)c4ccco4)cc3)CCCC2)cc1. The number of carbonyl (C=O) groups excluding carboxylic acids is 2. The Bertz CT molecular complexity index is 984. The normalized spacial score (nSPS) is 15.1. The number of furan rings is 1. The number of aryl methyl sites for hydroxylation is 1. The molecule has 2 aromatic carbocycles. The second-order valence-corrected chi connectivity index (χ2v) is 7.62. The fourth-order valence-corrected chi connectivity index (χ4v) is 3.99. The minimum absolute atomic E-state index is 0.0335. The van der Waals surface area contributed by atoms with E-state index in [9.17, 15) is 9.59 Å². The molecule has 4 rings (SSSR count). The van der Waals surface area contributed by atoms with Crippen LogP contribution in [0.5, 0.6) is 0 Å². The number of nitrogens with one attached hydrogen (secondary N) is 2. The fraction of sp³-hybridized carbons (Fsp3) is 0.250. The minimum Gasteiger partial charge on any atom is -0.459 e. The molecular formula is C24H24N2O3. The predicted octanol–water partition coefficient (Wildman–Crippen LogP) is 5.29. The number of hydrogen-bond acceptors (Lipinski definition) is 3. The van der Waals surface area contributed by atoms with Crippen molar-refractivity contribution in [3.8, 4) is 0 Å². The summed E-state index contributed by atoms with van der Waals surface area (Å²) in [6, 6.07) is 18.7. The molecule has 0 spiro atoms. The fourth-order valence-electron chi connectivity index (χ4n) is 3.99. The third-order valence-electron chi connectivity index (χ3n) is 5.64. The van der Waals surface area contributed by atoms with Crippen LogP contribution in [-0.4, -0.2) is 11.8 Å². The molecule has 148 valence electrons. The monoisotopic (exact) mass is 388 g/mol. The number of amides is 2. The molecule has 29 heavy (non-hydrogen) atoms. The molecule has 1 saturated carbocycles. The van der Waals surface area contributed by atoms with E-state index in [1.165, 1.54) is 11.8 Å². The van der Waals surface area contributed by atoms with Gasteiger partial charge in [-0.2, -0.15) is 0 Å². The van der Waals surface area contributed by atoms with Crippen molar-refractivity contribution in [2.75, 3.05) is 10.6 Å². The minimum atomic E-state index is -0.472. The Morgan fingerprint density at radius 1 is 0.862 bits per heavy atom. The molecule has 5 heteroatoms. The van der Waals surface area contributed by atoms with Gasteiger partial charge in [0.1, 0.15) is 0 Å². The average Bonchev–Trinajstić information content (AvgIpc) is 3.43. The second kappa shape index (κ2) is 7.95. The molecule has 0 bridgehead atoms. The van der Waals surface area contributed by atoms with Crippen LogP contribution in [0.3, 0.4) is 0 Å². The van der Waals surface area contributed by atoms with E-state index in [2.05, 4.69) is 41.8 Å². The molecular weight excluding hydrogens is 364 g/mol. The maximum absolute atomic E-state index is 13.2. The summed E-state index contributed by atoms with van der Waals surface area (Å²) in [6.07, 6.45) is 5.29. The van der Waals surface area contributed by atoms with Crippen LogP contribution in [0.15, 0.2) is 71.3 Å². The highest BCUT2D eigenvalue weighted by Crippen LogP contribution is 2.42. The van der Waals surface area contributed by atoms with Gasteiger partial charge in [-0.05, 0) is 61.7 Å². The van der Waals surface area contributed by atoms with Crippen molar-refractivity contribution in [1.82, 2.24) is 0 Å². The zero-order valence-electron chi connectivity index (χ0n) is 16.4. The first-order chi connectivity index (χ1) is 14.1. The van der Waals surface area contributed by atoms with Gasteiger partial charge in [0.25, 0.3) is 5.91 Å². The summed E-state index contributed by atoms with van der Waals surface area (Å²) in [5.41, 5.74) is 3.15. The van der Waals surface area contributed by atoms with Gasteiger partial charge in [0.05, 0.1) is 11.7 Å². The molecule has 5 nitrogen and oxygen atoms in total. The van der Waals surface area contributed by atoms with Gasteiger partial charge in [0.15, 0.2) is 5.76 Å². The van der Waals surface area contributed by atoms with Crippen molar-refractivity contribution in [2.45, 2.75) is 38.0 Å². The molecule has 0 saturated heterocycles. The van der Waals surface area contributed by atoms with Crippen LogP contribution in [0, 0.1) is 6.92 Å². The van der Waals surface area contributed by atoms with Crippen LogP contribution in [0.1, 0.15) is 47.4 Å². The first kappa shape index (κ1) is 19.0. The zero-order valence-corrected chi connectivity index (χ0v) is 16.4. The Hall–Kier alpha value is -3.34. The maximum atomic E-state index is 13.2. The summed E-state index contributed by atoms with van der Waals surface area (Å²) in [6.45, 7) is 2.05. The highest BCUT2D eigenvalue weighted by Gasteiger charge is 2.42. The van der Waals surface area contributed by atoms with Crippen molar-refractivity contribution < 1.29 is 14.0 Å². The van der Waals surface area contributed by atoms with Gasteiger partial charge in [-0.25, -0.2) is 0 Å². The lowest BCUT2D eigenvalue weighted by Crippen LogP contribution is -2.38. The average molecular weight is 388 g/mol. The number of benzene rings is 2. The van der Waals surface area contributed by atoms with Gasteiger partial charge in [0.2, 0.25) is 5.91 Å². The van der Waals surface area contributed by atoms with Crippen molar-refractivity contribution in [3.63, 3.8) is 0 Å². The van der Waals surface area contributed by atoms with Crippen LogP contribution >= 0.6 is 0 Å². The quantitative estimate of drug-likeness (QED) is 0.624. The van der Waals surface area contributed by atoms with Crippen LogP contribution in [0.4, 0.5) is 11.4 Å². The molecule has 1 aromatic heterocycles. The predicted molar refractivity (Wildman–Crippen MR) is 113 cm³/mol. The van der Waals surface area contributed by atoms with Crippen molar-refractivity contribution in [3.05, 3.63) is 83.8 Å². The van der Waals surface area contributed by atoms with Gasteiger partial charge in [-0.3, -0.25) is 9.59 Å². The third kappa shape index (κ3) is 3.94. The molecule has 3 aromatic rings. The summed E-state index contributed by atoms with van der Waals surface area (Å²) >= 11 is 0. The van der Waals surface area contributed by atoms with Crippen LogP contribution < -0.4 is 10.6 Å². The second-order valence-electron chi connectivity index (χ2n) is 7.62. The lowest BCUT2D eigenvalue weighted by Gasteiger charge is -2.28. The van der Waals surface area contributed by atoms with E-state index >= 15 is 0 Å². The standard InChI is InChI=1S/C24H24N2O3/c1-17-6-8-18(9-7-17)24(14-2-3-15-24)23(28)26-20-12-10-19(11-13-20)25-22(27)21-5-4-16-29-21/h4-13,16H,2-3,14-15H2,1H3,(H,25,27)(H,26,28). The maximum Gasteiger partial charge on any atom is 0.291 e. The number of anilines is 2. The zero-order chi connectivity index (χ0) is 20.3. The summed E-state index contributed by atoms with van der Waals surface area (Å²) in [5, 5.41) is 5.85. The van der Waals surface area contributed by atoms with Gasteiger partial charge in [-0.1, -0.05) is 42.7 Å². The first-order valence-corrected chi connectivity index (χ1v) is 9.90. The van der Waals surface area contributed by atoms with Crippen molar-refractivity contribution in [2.24, 2.45) is 0 Å². The summed E-state index contributed by atoms with van der Waals surface area (Å²) in [5.74, 6) is -0.0223. The topological polar surface area (TPSA) is 71.3 Å². The molecule has 1 aliphatic rings. The number of hydrogen-bond donors (Lipinski definition) is 2. The van der Waals surface area contributed by atoms with Crippen molar-refractivity contribution >= 4 is 23.2 Å². The number of rotatable bonds is 5. The summed E-state index contributed by atoms with van der Waals surface area (Å²) in [4.78, 5) is 25.3. The van der Waals surface area contributed by atoms with E-state index in [4.69, 9.17) is 4.42 Å². The van der Waals surface area contributed by atoms with Gasteiger partial charge in [0, 0.05) is 11.4 Å². The lowest BCUT2D eigenvalue weighted by atomic mass is 9.77. The van der Waals surface area contributed by atoms with E-state index in [0.717, 1.165) is 31.2 Å². The Balaban J connectivity index is 1.47. The summed E-state index contributed by atoms with van der Waals surface area (Å²) < 4.78 is 5.09. The Morgan fingerprint density at radius 2 is 1.48 bits per heavy atom. The van der Waals surface area contributed by atoms with E-state index < -0.39 is 5.41 Å². The molecule has 1 heterocycles. The van der Waals surface area contributed by atoms with Crippen LogP contribution in [0.25, 0.3) is 0 Å². The van der Waals surface area contributed by atoms with Crippen LogP contribution in [-0.2, 0) is 10.2 Å². The largest absolute Gasteiger partial charge is 0.459 e. The first-order valence-electron chi connectivity index (χ1n) is 9.90. The third-order valence-corrected chi connectivity index (χ3v) is 5.64. The molecule has 0 unspecified atom stereocenters. The molecule has 1 aliphatic carbocycles. The van der Waals surface area contributed by atoms with E-state index in [1.54, 1.807) is 36.4 Å². The highest BCUT2D eigenvalue weighted by molar-refractivity contribution is 6.03. The lowest BCUT2D eigenvalue weighted by molar-refractivity contribution is -0.121. The molecule has 0 aliphatic heterocycles. The van der Waals surface area contributed by atoms with Gasteiger partial charge in [-0.15, -0.1) is 0 Å². The van der Waals surface area contributed by atoms with E-state index in [-0.39, 0.29) is 17.6 Å². The molecule has 2 amide bonds. The van der Waals surface area contributed by atoms with Crippen LogP contribution in [0.2, 0.25) is 0 Å². The van der Waals surface area contributed by atoms with Gasteiger partial charge < -0.3 is 15.1 Å². The Morgan fingerprint density at radius 3 is 2.07 bits per heavy atom. The Kier molecular flexibility index (Phi) is 5.21.